The second kappa shape index (κ2) is 9.82. The van der Waals surface area contributed by atoms with Crippen LogP contribution in [0.15, 0.2) is 35.7 Å². The van der Waals surface area contributed by atoms with Crippen molar-refractivity contribution >= 4 is 34.0 Å². The molecule has 1 fully saturated rings. The third-order valence-corrected chi connectivity index (χ3v) is 5.24. The Hall–Kier alpha value is -2.49. The molecule has 156 valence electrons. The lowest BCUT2D eigenvalue weighted by molar-refractivity contribution is -0.127. The molecule has 4 N–H and O–H groups in total. The Balaban J connectivity index is 1.62. The number of aliphatic hydroxyl groups excluding tert-OH is 1. The molecule has 1 unspecified atom stereocenters. The largest absolute Gasteiger partial charge is 0.366 e. The van der Waals surface area contributed by atoms with Gasteiger partial charge in [-0.05, 0) is 30.9 Å². The zero-order valence-electron chi connectivity index (χ0n) is 16.4. The molecular weight excluding hydrogens is 392 g/mol. The number of anilines is 2. The van der Waals surface area contributed by atoms with E-state index in [-0.39, 0.29) is 17.5 Å². The lowest BCUT2D eigenvalue weighted by atomic mass is 10.0. The summed E-state index contributed by atoms with van der Waals surface area (Å²) < 4.78 is 5.07. The zero-order chi connectivity index (χ0) is 20.8. The number of nitrogens with zero attached hydrogens (tertiary/aromatic N) is 1. The lowest BCUT2D eigenvalue weighted by Gasteiger charge is -2.23. The number of carbonyl (C=O) groups is 2. The number of benzene rings is 1. The number of carbonyl (C=O) groups excluding carboxylic acids is 2. The van der Waals surface area contributed by atoms with Crippen LogP contribution >= 0.6 is 11.3 Å². The Morgan fingerprint density at radius 3 is 2.72 bits per heavy atom. The van der Waals surface area contributed by atoms with E-state index < -0.39 is 24.3 Å². The Labute approximate surface area is 173 Å². The molecule has 2 aromatic rings. The quantitative estimate of drug-likeness (QED) is 0.523. The molecule has 1 aliphatic rings. The third kappa shape index (κ3) is 5.99. The SMILES string of the molecule is CC(C)CC(NC(=O)c1csc(Nc2ccccc2)n1)C(=O)N[C@H]1CCO[C@@H]1O. The van der Waals surface area contributed by atoms with Gasteiger partial charge in [-0.1, -0.05) is 32.0 Å². The molecule has 8 nitrogen and oxygen atoms in total. The molecule has 2 amide bonds. The Morgan fingerprint density at radius 1 is 1.31 bits per heavy atom. The summed E-state index contributed by atoms with van der Waals surface area (Å²) >= 11 is 1.32. The summed E-state index contributed by atoms with van der Waals surface area (Å²) in [6.45, 7) is 4.35. The van der Waals surface area contributed by atoms with Gasteiger partial charge in [-0.3, -0.25) is 9.59 Å². The van der Waals surface area contributed by atoms with Gasteiger partial charge in [0.15, 0.2) is 11.4 Å². The second-order valence-corrected chi connectivity index (χ2v) is 8.21. The molecule has 1 aliphatic heterocycles. The molecule has 0 radical (unpaired) electrons. The van der Waals surface area contributed by atoms with Gasteiger partial charge in [-0.2, -0.15) is 0 Å². The highest BCUT2D eigenvalue weighted by atomic mass is 32.1. The second-order valence-electron chi connectivity index (χ2n) is 7.35. The van der Waals surface area contributed by atoms with Gasteiger partial charge in [0.2, 0.25) is 5.91 Å². The fourth-order valence-electron chi connectivity index (χ4n) is 3.02. The minimum absolute atomic E-state index is 0.196. The highest BCUT2D eigenvalue weighted by Crippen LogP contribution is 2.21. The fourth-order valence-corrected chi connectivity index (χ4v) is 3.73. The van der Waals surface area contributed by atoms with Gasteiger partial charge in [-0.25, -0.2) is 4.98 Å². The number of nitrogens with one attached hydrogen (secondary N) is 3. The Morgan fingerprint density at radius 2 is 2.07 bits per heavy atom. The van der Waals surface area contributed by atoms with Gasteiger partial charge < -0.3 is 25.8 Å². The monoisotopic (exact) mass is 418 g/mol. The van der Waals surface area contributed by atoms with Crippen LogP contribution < -0.4 is 16.0 Å². The molecule has 0 saturated carbocycles. The van der Waals surface area contributed by atoms with E-state index in [1.807, 2.05) is 44.2 Å². The molecular formula is C20H26N4O4S. The first-order chi connectivity index (χ1) is 13.9. The number of amides is 2. The molecule has 1 saturated heterocycles. The van der Waals surface area contributed by atoms with Crippen LogP contribution in [-0.4, -0.2) is 46.9 Å². The topological polar surface area (TPSA) is 113 Å². The highest BCUT2D eigenvalue weighted by Gasteiger charge is 2.31. The van der Waals surface area contributed by atoms with E-state index >= 15 is 0 Å². The average Bonchev–Trinajstić information content (AvgIpc) is 3.31. The minimum atomic E-state index is -1.01. The highest BCUT2D eigenvalue weighted by molar-refractivity contribution is 7.14. The summed E-state index contributed by atoms with van der Waals surface area (Å²) in [5, 5.41) is 20.7. The molecule has 0 aliphatic carbocycles. The molecule has 1 aromatic carbocycles. The van der Waals surface area contributed by atoms with Crippen molar-refractivity contribution in [3.8, 4) is 0 Å². The van der Waals surface area contributed by atoms with Crippen LogP contribution in [0.5, 0.6) is 0 Å². The van der Waals surface area contributed by atoms with Crippen molar-refractivity contribution in [2.24, 2.45) is 5.92 Å². The van der Waals surface area contributed by atoms with Crippen LogP contribution in [0, 0.1) is 5.92 Å². The van der Waals surface area contributed by atoms with Gasteiger partial charge in [0, 0.05) is 11.1 Å². The number of ether oxygens (including phenoxy) is 1. The third-order valence-electron chi connectivity index (χ3n) is 4.48. The Kier molecular flexibility index (Phi) is 7.18. The van der Waals surface area contributed by atoms with Crippen molar-refractivity contribution in [1.82, 2.24) is 15.6 Å². The lowest BCUT2D eigenvalue weighted by Crippen LogP contribution is -2.51. The van der Waals surface area contributed by atoms with Crippen LogP contribution in [0.4, 0.5) is 10.8 Å². The number of aliphatic hydroxyl groups is 1. The normalized spacial score (nSPS) is 19.7. The number of aromatic nitrogens is 1. The molecule has 29 heavy (non-hydrogen) atoms. The minimum Gasteiger partial charge on any atom is -0.366 e. The van der Waals surface area contributed by atoms with Crippen molar-refractivity contribution in [2.75, 3.05) is 11.9 Å². The van der Waals surface area contributed by atoms with E-state index in [1.54, 1.807) is 5.38 Å². The van der Waals surface area contributed by atoms with Crippen molar-refractivity contribution in [3.05, 3.63) is 41.4 Å². The molecule has 3 atom stereocenters. The van der Waals surface area contributed by atoms with Crippen molar-refractivity contribution in [3.63, 3.8) is 0 Å². The molecule has 9 heteroatoms. The maximum absolute atomic E-state index is 12.7. The average molecular weight is 419 g/mol. The Bertz CT molecular complexity index is 827. The van der Waals surface area contributed by atoms with Crippen LogP contribution in [0.2, 0.25) is 0 Å². The summed E-state index contributed by atoms with van der Waals surface area (Å²) in [6, 6.07) is 8.37. The number of hydrogen-bond acceptors (Lipinski definition) is 7. The first-order valence-corrected chi connectivity index (χ1v) is 10.5. The maximum Gasteiger partial charge on any atom is 0.271 e. The summed E-state index contributed by atoms with van der Waals surface area (Å²) in [5.74, 6) is -0.549. The smallest absolute Gasteiger partial charge is 0.271 e. The van der Waals surface area contributed by atoms with Gasteiger partial charge in [0.05, 0.1) is 12.6 Å². The van der Waals surface area contributed by atoms with Gasteiger partial charge in [0.1, 0.15) is 11.7 Å². The van der Waals surface area contributed by atoms with E-state index in [0.29, 0.717) is 24.6 Å². The predicted molar refractivity (Wildman–Crippen MR) is 111 cm³/mol. The fraction of sp³-hybridized carbons (Fsp3) is 0.450. The van der Waals surface area contributed by atoms with Crippen LogP contribution in [0.1, 0.15) is 37.2 Å². The summed E-state index contributed by atoms with van der Waals surface area (Å²) in [7, 11) is 0. The number of hydrogen-bond donors (Lipinski definition) is 4. The van der Waals surface area contributed by atoms with Gasteiger partial charge in [-0.15, -0.1) is 11.3 Å². The van der Waals surface area contributed by atoms with Gasteiger partial charge >= 0.3 is 0 Å². The predicted octanol–water partition coefficient (Wildman–Crippen LogP) is 2.25. The van der Waals surface area contributed by atoms with E-state index in [2.05, 4.69) is 20.9 Å². The van der Waals surface area contributed by atoms with E-state index in [4.69, 9.17) is 4.74 Å². The van der Waals surface area contributed by atoms with Crippen molar-refractivity contribution in [2.45, 2.75) is 45.1 Å². The summed E-state index contributed by atoms with van der Waals surface area (Å²) in [6.07, 6.45) is -0.00407. The molecule has 2 heterocycles. The zero-order valence-corrected chi connectivity index (χ0v) is 17.2. The van der Waals surface area contributed by atoms with Crippen LogP contribution in [0.3, 0.4) is 0 Å². The number of para-hydroxylation sites is 1. The maximum atomic E-state index is 12.7. The van der Waals surface area contributed by atoms with Gasteiger partial charge in [0.25, 0.3) is 5.91 Å². The van der Waals surface area contributed by atoms with Crippen molar-refractivity contribution in [1.29, 1.82) is 0 Å². The molecule has 3 rings (SSSR count). The van der Waals surface area contributed by atoms with E-state index in [0.717, 1.165) is 5.69 Å². The number of thiazole rings is 1. The number of rotatable bonds is 8. The van der Waals surface area contributed by atoms with Crippen LogP contribution in [0.25, 0.3) is 0 Å². The van der Waals surface area contributed by atoms with E-state index in [9.17, 15) is 14.7 Å². The standard InChI is InChI=1S/C20H26N4O4S/c1-12(2)10-15(17(25)22-14-8-9-28-19(14)27)23-18(26)16-11-29-20(24-16)21-13-6-4-3-5-7-13/h3-7,11-12,14-15,19,27H,8-10H2,1-2H3,(H,21,24)(H,22,25)(H,23,26)/t14-,15?,19-/m0/s1. The van der Waals surface area contributed by atoms with Crippen molar-refractivity contribution < 1.29 is 19.4 Å². The van der Waals surface area contributed by atoms with Crippen LogP contribution in [-0.2, 0) is 9.53 Å². The molecule has 0 bridgehead atoms. The summed E-state index contributed by atoms with van der Waals surface area (Å²) in [4.78, 5) is 29.6. The first-order valence-electron chi connectivity index (χ1n) is 9.61. The molecule has 0 spiro atoms. The van der Waals surface area contributed by atoms with E-state index in [1.165, 1.54) is 11.3 Å². The first kappa shape index (κ1) is 21.2. The molecule has 1 aromatic heterocycles. The summed E-state index contributed by atoms with van der Waals surface area (Å²) in [5.41, 5.74) is 1.13.